The third-order valence-electron chi connectivity index (χ3n) is 3.72. The Bertz CT molecular complexity index is 543. The molecule has 5 heteroatoms. The maximum Gasteiger partial charge on any atom is 0.328 e. The zero-order chi connectivity index (χ0) is 15.3. The Kier molecular flexibility index (Phi) is 4.75. The molecule has 0 aromatic heterocycles. The second kappa shape index (κ2) is 6.54. The highest BCUT2D eigenvalue weighted by atomic mass is 16.4. The highest BCUT2D eigenvalue weighted by Crippen LogP contribution is 2.30. The number of benzene rings is 1. The first kappa shape index (κ1) is 15.3. The summed E-state index contributed by atoms with van der Waals surface area (Å²) in [6.45, 7) is 0. The first-order chi connectivity index (χ1) is 9.97. The van der Waals surface area contributed by atoms with Gasteiger partial charge in [-0.25, -0.2) is 4.79 Å². The maximum atomic E-state index is 12.0. The third-order valence-corrected chi connectivity index (χ3v) is 3.72. The molecule has 0 radical (unpaired) electrons. The van der Waals surface area contributed by atoms with Gasteiger partial charge in [0.25, 0.3) is 0 Å². The molecular weight excluding hydrogens is 268 g/mol. The van der Waals surface area contributed by atoms with Crippen molar-refractivity contribution in [2.45, 2.75) is 37.6 Å². The van der Waals surface area contributed by atoms with Crippen molar-refractivity contribution in [2.24, 2.45) is 5.73 Å². The van der Waals surface area contributed by atoms with E-state index in [0.29, 0.717) is 12.1 Å². The minimum Gasteiger partial charge on any atom is -0.478 e. The number of hydrogen-bond donors (Lipinski definition) is 3. The topological polar surface area (TPSA) is 92.4 Å². The van der Waals surface area contributed by atoms with Crippen LogP contribution in [0.4, 0.5) is 5.69 Å². The second-order valence-corrected chi connectivity index (χ2v) is 5.59. The smallest absolute Gasteiger partial charge is 0.328 e. The molecule has 1 aromatic carbocycles. The average molecular weight is 288 g/mol. The van der Waals surface area contributed by atoms with Gasteiger partial charge >= 0.3 is 5.97 Å². The van der Waals surface area contributed by atoms with Crippen LogP contribution < -0.4 is 11.1 Å². The van der Waals surface area contributed by atoms with Crippen molar-refractivity contribution >= 4 is 23.6 Å². The molecule has 4 N–H and O–H groups in total. The van der Waals surface area contributed by atoms with E-state index >= 15 is 0 Å². The summed E-state index contributed by atoms with van der Waals surface area (Å²) in [6.07, 6.45) is 6.91. The first-order valence-corrected chi connectivity index (χ1v) is 7.07. The van der Waals surface area contributed by atoms with Gasteiger partial charge in [-0.05, 0) is 36.6 Å². The lowest BCUT2D eigenvalue weighted by Gasteiger charge is -2.22. The van der Waals surface area contributed by atoms with E-state index in [1.54, 1.807) is 24.3 Å². The van der Waals surface area contributed by atoms with Gasteiger partial charge < -0.3 is 16.2 Å². The summed E-state index contributed by atoms with van der Waals surface area (Å²) in [4.78, 5) is 22.4. The van der Waals surface area contributed by atoms with Crippen LogP contribution >= 0.6 is 0 Å². The molecule has 0 bridgehead atoms. The van der Waals surface area contributed by atoms with E-state index in [9.17, 15) is 9.59 Å². The van der Waals surface area contributed by atoms with Crippen molar-refractivity contribution in [1.82, 2.24) is 0 Å². The summed E-state index contributed by atoms with van der Waals surface area (Å²) in [5.41, 5.74) is 7.28. The van der Waals surface area contributed by atoms with Gasteiger partial charge in [-0.15, -0.1) is 0 Å². The maximum absolute atomic E-state index is 12.0. The van der Waals surface area contributed by atoms with Gasteiger partial charge in [0, 0.05) is 23.7 Å². The van der Waals surface area contributed by atoms with Crippen molar-refractivity contribution in [3.63, 3.8) is 0 Å². The van der Waals surface area contributed by atoms with Gasteiger partial charge in [0.2, 0.25) is 5.91 Å². The van der Waals surface area contributed by atoms with Gasteiger partial charge in [0.15, 0.2) is 0 Å². The monoisotopic (exact) mass is 288 g/mol. The number of carboxylic acid groups (broad SMARTS) is 1. The molecule has 0 aliphatic heterocycles. The Morgan fingerprint density at radius 1 is 1.24 bits per heavy atom. The average Bonchev–Trinajstić information content (AvgIpc) is 2.84. The van der Waals surface area contributed by atoms with Crippen molar-refractivity contribution in [3.8, 4) is 0 Å². The molecule has 1 aromatic rings. The molecule has 1 aliphatic carbocycles. The van der Waals surface area contributed by atoms with Crippen LogP contribution in [0.1, 0.15) is 37.7 Å². The number of carboxylic acids is 1. The Hall–Kier alpha value is -2.14. The lowest BCUT2D eigenvalue weighted by atomic mass is 9.94. The fraction of sp³-hybridized carbons (Fsp3) is 0.375. The number of aliphatic carboxylic acids is 1. The molecular formula is C16H20N2O3. The van der Waals surface area contributed by atoms with E-state index in [1.165, 1.54) is 6.08 Å². The molecule has 1 fully saturated rings. The van der Waals surface area contributed by atoms with Crippen LogP contribution in [-0.4, -0.2) is 22.5 Å². The summed E-state index contributed by atoms with van der Waals surface area (Å²) in [5, 5.41) is 11.4. The molecule has 21 heavy (non-hydrogen) atoms. The lowest BCUT2D eigenvalue weighted by molar-refractivity contribution is -0.131. The van der Waals surface area contributed by atoms with Gasteiger partial charge in [-0.3, -0.25) is 4.79 Å². The van der Waals surface area contributed by atoms with Gasteiger partial charge in [0.05, 0.1) is 0 Å². The standard InChI is InChI=1S/C16H20N2O3/c17-16(9-1-2-10-16)11-14(19)18-13-6-3-12(4-7-13)5-8-15(20)21/h3-8H,1-2,9-11,17H2,(H,18,19)(H,20,21)/b8-5+. The number of amides is 1. The fourth-order valence-corrected chi connectivity index (χ4v) is 2.63. The Labute approximate surface area is 123 Å². The second-order valence-electron chi connectivity index (χ2n) is 5.59. The first-order valence-electron chi connectivity index (χ1n) is 7.07. The van der Waals surface area contributed by atoms with Crippen molar-refractivity contribution in [2.75, 3.05) is 5.32 Å². The highest BCUT2D eigenvalue weighted by molar-refractivity contribution is 5.91. The number of anilines is 1. The third kappa shape index (κ3) is 4.72. The van der Waals surface area contributed by atoms with Crippen LogP contribution in [0.25, 0.3) is 6.08 Å². The molecule has 0 saturated heterocycles. The van der Waals surface area contributed by atoms with E-state index < -0.39 is 5.97 Å². The summed E-state index contributed by atoms with van der Waals surface area (Å²) < 4.78 is 0. The lowest BCUT2D eigenvalue weighted by Crippen LogP contribution is -2.40. The number of rotatable bonds is 5. The highest BCUT2D eigenvalue weighted by Gasteiger charge is 2.31. The molecule has 0 atom stereocenters. The predicted octanol–water partition coefficient (Wildman–Crippen LogP) is 2.38. The minimum absolute atomic E-state index is 0.0757. The molecule has 1 aliphatic rings. The number of carbonyl (C=O) groups is 2. The molecule has 5 nitrogen and oxygen atoms in total. The summed E-state index contributed by atoms with van der Waals surface area (Å²) in [7, 11) is 0. The summed E-state index contributed by atoms with van der Waals surface area (Å²) >= 11 is 0. The largest absolute Gasteiger partial charge is 0.478 e. The number of carbonyl (C=O) groups excluding carboxylic acids is 1. The zero-order valence-electron chi connectivity index (χ0n) is 11.8. The summed E-state index contributed by atoms with van der Waals surface area (Å²) in [5.74, 6) is -1.06. The number of nitrogens with one attached hydrogen (secondary N) is 1. The van der Waals surface area contributed by atoms with Gasteiger partial charge in [0.1, 0.15) is 0 Å². The molecule has 2 rings (SSSR count). The molecule has 0 spiro atoms. The van der Waals surface area contributed by atoms with Gasteiger partial charge in [-0.1, -0.05) is 25.0 Å². The fourth-order valence-electron chi connectivity index (χ4n) is 2.63. The Morgan fingerprint density at radius 3 is 2.43 bits per heavy atom. The van der Waals surface area contributed by atoms with Crippen LogP contribution in [0.15, 0.2) is 30.3 Å². The van der Waals surface area contributed by atoms with E-state index in [1.807, 2.05) is 0 Å². The van der Waals surface area contributed by atoms with E-state index in [4.69, 9.17) is 10.8 Å². The Morgan fingerprint density at radius 2 is 1.86 bits per heavy atom. The van der Waals surface area contributed by atoms with Crippen LogP contribution in [0.5, 0.6) is 0 Å². The van der Waals surface area contributed by atoms with Crippen molar-refractivity contribution in [1.29, 1.82) is 0 Å². The minimum atomic E-state index is -0.989. The summed E-state index contributed by atoms with van der Waals surface area (Å²) in [6, 6.07) is 7.00. The van der Waals surface area contributed by atoms with E-state index in [-0.39, 0.29) is 11.4 Å². The number of hydrogen-bond acceptors (Lipinski definition) is 3. The molecule has 1 amide bonds. The Balaban J connectivity index is 1.90. The zero-order valence-corrected chi connectivity index (χ0v) is 11.8. The quantitative estimate of drug-likeness (QED) is 0.725. The van der Waals surface area contributed by atoms with Crippen molar-refractivity contribution < 1.29 is 14.7 Å². The van der Waals surface area contributed by atoms with Gasteiger partial charge in [-0.2, -0.15) is 0 Å². The molecule has 0 unspecified atom stereocenters. The van der Waals surface area contributed by atoms with Crippen LogP contribution in [0.3, 0.4) is 0 Å². The number of nitrogens with two attached hydrogens (primary N) is 1. The van der Waals surface area contributed by atoms with Crippen LogP contribution in [0.2, 0.25) is 0 Å². The van der Waals surface area contributed by atoms with E-state index in [2.05, 4.69) is 5.32 Å². The molecule has 112 valence electrons. The van der Waals surface area contributed by atoms with Crippen LogP contribution in [-0.2, 0) is 9.59 Å². The predicted molar refractivity (Wildman–Crippen MR) is 81.7 cm³/mol. The van der Waals surface area contributed by atoms with Crippen LogP contribution in [0, 0.1) is 0 Å². The SMILES string of the molecule is NC1(CC(=O)Nc2ccc(/C=C/C(=O)O)cc2)CCCC1. The normalized spacial score (nSPS) is 17.0. The molecule has 1 saturated carbocycles. The van der Waals surface area contributed by atoms with E-state index in [0.717, 1.165) is 37.3 Å². The van der Waals surface area contributed by atoms with Crippen molar-refractivity contribution in [3.05, 3.63) is 35.9 Å². The molecule has 0 heterocycles.